The van der Waals surface area contributed by atoms with Crippen LogP contribution in [0.2, 0.25) is 0 Å². The molecule has 0 heterocycles. The first-order chi connectivity index (χ1) is 11.3. The summed E-state index contributed by atoms with van der Waals surface area (Å²) in [5, 5.41) is 0. The molecule has 1 radical (unpaired) electrons. The van der Waals surface area contributed by atoms with E-state index >= 15 is 0 Å². The Morgan fingerprint density at radius 1 is 1.17 bits per heavy atom. The summed E-state index contributed by atoms with van der Waals surface area (Å²) in [6.07, 6.45) is 14.4. The van der Waals surface area contributed by atoms with Crippen LogP contribution in [0.5, 0.6) is 5.75 Å². The second-order valence-electron chi connectivity index (χ2n) is 6.63. The highest BCUT2D eigenvalue weighted by Gasteiger charge is 2.04. The van der Waals surface area contributed by atoms with Crippen molar-refractivity contribution in [1.29, 1.82) is 0 Å². The molecule has 0 aliphatic rings. The molecule has 0 aromatic heterocycles. The third-order valence-electron chi connectivity index (χ3n) is 4.56. The van der Waals surface area contributed by atoms with Gasteiger partial charge in [-0.3, -0.25) is 0 Å². The van der Waals surface area contributed by atoms with Crippen molar-refractivity contribution in [2.75, 3.05) is 6.61 Å². The van der Waals surface area contributed by atoms with E-state index in [9.17, 15) is 0 Å². The largest absolute Gasteiger partial charge is 0.493 e. The number of unbranched alkanes of at least 4 members (excludes halogenated alkanes) is 5. The van der Waals surface area contributed by atoms with Gasteiger partial charge in [-0.15, -0.1) is 6.58 Å². The van der Waals surface area contributed by atoms with E-state index in [0.29, 0.717) is 0 Å². The van der Waals surface area contributed by atoms with Gasteiger partial charge in [0.15, 0.2) is 0 Å². The molecule has 23 heavy (non-hydrogen) atoms. The van der Waals surface area contributed by atoms with Gasteiger partial charge in [-0.2, -0.15) is 0 Å². The Morgan fingerprint density at radius 3 is 2.78 bits per heavy atom. The number of ether oxygens (including phenoxy) is 1. The van der Waals surface area contributed by atoms with E-state index in [1.807, 2.05) is 18.2 Å². The summed E-state index contributed by atoms with van der Waals surface area (Å²) in [6.45, 7) is 9.21. The second-order valence-corrected chi connectivity index (χ2v) is 6.63. The van der Waals surface area contributed by atoms with E-state index in [0.717, 1.165) is 37.5 Å². The molecule has 0 saturated carbocycles. The molecule has 0 fully saturated rings. The van der Waals surface area contributed by atoms with Crippen molar-refractivity contribution >= 4 is 0 Å². The first-order valence-electron chi connectivity index (χ1n) is 9.50. The van der Waals surface area contributed by atoms with E-state index in [2.05, 4.69) is 32.6 Å². The Bertz CT molecular complexity index is 410. The summed E-state index contributed by atoms with van der Waals surface area (Å²) >= 11 is 0. The van der Waals surface area contributed by atoms with Gasteiger partial charge in [0.2, 0.25) is 0 Å². The molecule has 0 aliphatic carbocycles. The molecule has 1 aromatic carbocycles. The third kappa shape index (κ3) is 9.48. The molecule has 1 atom stereocenters. The van der Waals surface area contributed by atoms with Crippen molar-refractivity contribution in [2.24, 2.45) is 5.92 Å². The van der Waals surface area contributed by atoms with Crippen LogP contribution < -0.4 is 4.74 Å². The maximum atomic E-state index is 5.97. The molecule has 1 heteroatoms. The van der Waals surface area contributed by atoms with Crippen molar-refractivity contribution < 1.29 is 4.74 Å². The second kappa shape index (κ2) is 13.2. The Balaban J connectivity index is 2.23. The fourth-order valence-corrected chi connectivity index (χ4v) is 2.73. The van der Waals surface area contributed by atoms with Gasteiger partial charge in [0.1, 0.15) is 5.75 Å². The fraction of sp³-hybridized carbons (Fsp3) is 0.636. The molecule has 1 rings (SSSR count). The quantitative estimate of drug-likeness (QED) is 0.272. The fourth-order valence-electron chi connectivity index (χ4n) is 2.73. The summed E-state index contributed by atoms with van der Waals surface area (Å²) in [6, 6.07) is 9.32. The lowest BCUT2D eigenvalue weighted by atomic mass is 9.99. The minimum atomic E-state index is 0.815. The lowest BCUT2D eigenvalue weighted by Gasteiger charge is -2.12. The number of benzene rings is 1. The van der Waals surface area contributed by atoms with E-state index in [4.69, 9.17) is 4.74 Å². The Labute approximate surface area is 144 Å². The van der Waals surface area contributed by atoms with E-state index < -0.39 is 0 Å². The average molecular weight is 316 g/mol. The van der Waals surface area contributed by atoms with E-state index in [1.165, 1.54) is 50.5 Å². The number of allylic oxidation sites excluding steroid dienone is 1. The molecule has 1 unspecified atom stereocenters. The van der Waals surface area contributed by atoms with Gasteiger partial charge >= 0.3 is 0 Å². The molecule has 0 amide bonds. The third-order valence-corrected chi connectivity index (χ3v) is 4.56. The van der Waals surface area contributed by atoms with Crippen molar-refractivity contribution in [1.82, 2.24) is 0 Å². The minimum Gasteiger partial charge on any atom is -0.493 e. The van der Waals surface area contributed by atoms with Crippen molar-refractivity contribution in [2.45, 2.75) is 78.1 Å². The predicted octanol–water partition coefficient (Wildman–Crippen LogP) is 6.76. The first kappa shape index (κ1) is 19.8. The van der Waals surface area contributed by atoms with Gasteiger partial charge < -0.3 is 4.74 Å². The molecule has 0 N–H and O–H groups in total. The van der Waals surface area contributed by atoms with Crippen molar-refractivity contribution in [3.8, 4) is 5.75 Å². The lowest BCUT2D eigenvalue weighted by molar-refractivity contribution is 0.302. The molecule has 1 nitrogen and oxygen atoms in total. The number of aryl methyl sites for hydroxylation is 1. The lowest BCUT2D eigenvalue weighted by Crippen LogP contribution is -2.00. The van der Waals surface area contributed by atoms with E-state index in [1.54, 1.807) is 0 Å². The first-order valence-corrected chi connectivity index (χ1v) is 9.50. The zero-order valence-electron chi connectivity index (χ0n) is 15.3. The van der Waals surface area contributed by atoms with Crippen LogP contribution in [0.3, 0.4) is 0 Å². The summed E-state index contributed by atoms with van der Waals surface area (Å²) in [5.74, 6) is 1.92. The summed E-state index contributed by atoms with van der Waals surface area (Å²) < 4.78 is 5.97. The van der Waals surface area contributed by atoms with Gasteiger partial charge in [-0.05, 0) is 62.1 Å². The molecule has 0 bridgehead atoms. The number of hydrogen-bond donors (Lipinski definition) is 0. The number of hydrogen-bond acceptors (Lipinski definition) is 1. The highest BCUT2D eigenvalue weighted by atomic mass is 16.5. The van der Waals surface area contributed by atoms with Crippen LogP contribution in [-0.4, -0.2) is 6.61 Å². The monoisotopic (exact) mass is 315 g/mol. The van der Waals surface area contributed by atoms with Gasteiger partial charge in [0.25, 0.3) is 0 Å². The highest BCUT2D eigenvalue weighted by molar-refractivity contribution is 5.32. The zero-order valence-corrected chi connectivity index (χ0v) is 15.3. The highest BCUT2D eigenvalue weighted by Crippen LogP contribution is 2.21. The topological polar surface area (TPSA) is 9.23 Å². The maximum Gasteiger partial charge on any atom is 0.123 e. The van der Waals surface area contributed by atoms with Crippen molar-refractivity contribution in [3.05, 3.63) is 42.5 Å². The molecular weight excluding hydrogens is 280 g/mol. The van der Waals surface area contributed by atoms with Crippen molar-refractivity contribution in [3.63, 3.8) is 0 Å². The van der Waals surface area contributed by atoms with Crippen LogP contribution in [0.25, 0.3) is 0 Å². The van der Waals surface area contributed by atoms with Gasteiger partial charge in [0.05, 0.1) is 6.61 Å². The van der Waals surface area contributed by atoms with Gasteiger partial charge in [-0.1, -0.05) is 57.7 Å². The molecule has 129 valence electrons. The standard InChI is InChI=1S/C22H35O/c1-4-6-7-8-14-19-23-22-18-13-12-17-21(22)16-11-9-10-15-20(3)5-2/h4,12,17-18,20H,1,5-11,14-16,19H2,2-3H3. The average Bonchev–Trinajstić information content (AvgIpc) is 2.58. The maximum absolute atomic E-state index is 5.97. The van der Waals surface area contributed by atoms with E-state index in [-0.39, 0.29) is 0 Å². The molecule has 1 aromatic rings. The molecule has 0 aliphatic heterocycles. The Kier molecular flexibility index (Phi) is 11.4. The van der Waals surface area contributed by atoms with Crippen LogP contribution >= 0.6 is 0 Å². The molecule has 0 spiro atoms. The summed E-state index contributed by atoms with van der Waals surface area (Å²) in [4.78, 5) is 0. The predicted molar refractivity (Wildman–Crippen MR) is 101 cm³/mol. The summed E-state index contributed by atoms with van der Waals surface area (Å²) in [5.41, 5.74) is 1.35. The number of rotatable bonds is 14. The SMILES string of the molecule is C=CCCCCCOc1c[c]ccc1CCCCCC(C)CC. The Hall–Kier alpha value is -1.24. The normalized spacial score (nSPS) is 12.1. The Morgan fingerprint density at radius 2 is 2.00 bits per heavy atom. The zero-order chi connectivity index (χ0) is 16.8. The summed E-state index contributed by atoms with van der Waals surface area (Å²) in [7, 11) is 0. The van der Waals surface area contributed by atoms with Crippen LogP contribution in [0, 0.1) is 12.0 Å². The van der Waals surface area contributed by atoms with Crippen LogP contribution in [-0.2, 0) is 6.42 Å². The van der Waals surface area contributed by atoms with Crippen LogP contribution in [0.4, 0.5) is 0 Å². The molecular formula is C22H35O. The van der Waals surface area contributed by atoms with Crippen LogP contribution in [0.15, 0.2) is 30.9 Å². The molecule has 0 saturated heterocycles. The minimum absolute atomic E-state index is 0.815. The smallest absolute Gasteiger partial charge is 0.123 e. The van der Waals surface area contributed by atoms with Gasteiger partial charge in [0, 0.05) is 0 Å². The van der Waals surface area contributed by atoms with Crippen LogP contribution in [0.1, 0.15) is 77.2 Å². The van der Waals surface area contributed by atoms with Gasteiger partial charge in [-0.25, -0.2) is 0 Å².